The van der Waals surface area contributed by atoms with E-state index in [1.165, 1.54) is 5.56 Å². The molecule has 1 N–H and O–H groups in total. The summed E-state index contributed by atoms with van der Waals surface area (Å²) >= 11 is 1.63. The Bertz CT molecular complexity index is 601. The van der Waals surface area contributed by atoms with Crippen LogP contribution < -0.4 is 5.32 Å². The average molecular weight is 314 g/mol. The predicted octanol–water partition coefficient (Wildman–Crippen LogP) is 4.12. The zero-order chi connectivity index (χ0) is 15.8. The van der Waals surface area contributed by atoms with Gasteiger partial charge in [-0.1, -0.05) is 44.2 Å². The first-order valence-corrected chi connectivity index (χ1v) is 8.62. The lowest BCUT2D eigenvalue weighted by molar-refractivity contribution is 0.0948. The lowest BCUT2D eigenvalue weighted by atomic mass is 10.0. The molecule has 0 radical (unpaired) electrons. The quantitative estimate of drug-likeness (QED) is 0.782. The van der Waals surface area contributed by atoms with E-state index in [1.54, 1.807) is 18.0 Å². The first-order valence-electron chi connectivity index (χ1n) is 7.63. The first kappa shape index (κ1) is 16.6. The number of nitrogens with one attached hydrogen (secondary N) is 1. The third-order valence-electron chi connectivity index (χ3n) is 3.40. The van der Waals surface area contributed by atoms with E-state index in [-0.39, 0.29) is 11.8 Å². The highest BCUT2D eigenvalue weighted by Crippen LogP contribution is 2.21. The van der Waals surface area contributed by atoms with Gasteiger partial charge in [-0.2, -0.15) is 0 Å². The number of benzene rings is 1. The van der Waals surface area contributed by atoms with Crippen molar-refractivity contribution in [2.24, 2.45) is 0 Å². The van der Waals surface area contributed by atoms with Crippen LogP contribution in [0.2, 0.25) is 0 Å². The molecule has 0 spiro atoms. The lowest BCUT2D eigenvalue weighted by Crippen LogP contribution is -2.28. The molecule has 1 heterocycles. The first-order chi connectivity index (χ1) is 10.7. The molecule has 0 saturated carbocycles. The Balaban J connectivity index is 1.98. The zero-order valence-corrected chi connectivity index (χ0v) is 13.9. The van der Waals surface area contributed by atoms with Crippen molar-refractivity contribution in [1.29, 1.82) is 0 Å². The molecular weight excluding hydrogens is 292 g/mol. The van der Waals surface area contributed by atoms with Crippen LogP contribution in [0.15, 0.2) is 53.7 Å². The molecule has 0 aliphatic rings. The summed E-state index contributed by atoms with van der Waals surface area (Å²) in [7, 11) is 0. The van der Waals surface area contributed by atoms with Crippen LogP contribution in [0.4, 0.5) is 0 Å². The predicted molar refractivity (Wildman–Crippen MR) is 92.4 cm³/mol. The molecular formula is C18H22N2OS. The van der Waals surface area contributed by atoms with Crippen LogP contribution in [-0.2, 0) is 0 Å². The summed E-state index contributed by atoms with van der Waals surface area (Å²) in [5, 5.41) is 3.84. The molecule has 0 bridgehead atoms. The molecule has 22 heavy (non-hydrogen) atoms. The van der Waals surface area contributed by atoms with Crippen LogP contribution in [0.3, 0.4) is 0 Å². The minimum atomic E-state index is -0.0468. The average Bonchev–Trinajstić information content (AvgIpc) is 2.58. The third kappa shape index (κ3) is 4.60. The molecule has 2 aromatic rings. The number of aromatic nitrogens is 1. The van der Waals surface area contributed by atoms with Crippen LogP contribution in [0, 0.1) is 0 Å². The summed E-state index contributed by atoms with van der Waals surface area (Å²) in [6, 6.07) is 13.9. The Morgan fingerprint density at radius 1 is 1.23 bits per heavy atom. The number of carbonyl (C=O) groups is 1. The molecule has 1 amide bonds. The van der Waals surface area contributed by atoms with E-state index in [2.05, 4.69) is 36.3 Å². The normalized spacial score (nSPS) is 11.9. The van der Waals surface area contributed by atoms with Gasteiger partial charge in [0.2, 0.25) is 0 Å². The van der Waals surface area contributed by atoms with E-state index >= 15 is 0 Å². The van der Waals surface area contributed by atoms with Gasteiger partial charge in [0.05, 0.1) is 5.56 Å². The molecule has 0 aliphatic carbocycles. The second-order valence-corrected chi connectivity index (χ2v) is 6.31. The Kier molecular flexibility index (Phi) is 6.46. The Morgan fingerprint density at radius 3 is 2.73 bits per heavy atom. The summed E-state index contributed by atoms with van der Waals surface area (Å²) in [4.78, 5) is 16.7. The third-order valence-corrected chi connectivity index (χ3v) is 4.61. The van der Waals surface area contributed by atoms with E-state index in [0.717, 1.165) is 17.2 Å². The van der Waals surface area contributed by atoms with Gasteiger partial charge in [-0.05, 0) is 35.8 Å². The van der Waals surface area contributed by atoms with Crippen molar-refractivity contribution in [3.8, 4) is 0 Å². The summed E-state index contributed by atoms with van der Waals surface area (Å²) in [5.74, 6) is 1.21. The second-order valence-electron chi connectivity index (χ2n) is 5.23. The zero-order valence-electron chi connectivity index (χ0n) is 13.1. The fourth-order valence-electron chi connectivity index (χ4n) is 2.12. The fraction of sp³-hybridized carbons (Fsp3) is 0.333. The molecule has 4 heteroatoms. The molecule has 0 aliphatic heterocycles. The highest BCUT2D eigenvalue weighted by molar-refractivity contribution is 7.99. The van der Waals surface area contributed by atoms with E-state index in [1.807, 2.05) is 30.3 Å². The van der Waals surface area contributed by atoms with Gasteiger partial charge in [-0.25, -0.2) is 4.98 Å². The number of thioether (sulfide) groups is 1. The van der Waals surface area contributed by atoms with Gasteiger partial charge >= 0.3 is 0 Å². The van der Waals surface area contributed by atoms with Crippen LogP contribution in [-0.4, -0.2) is 23.2 Å². The van der Waals surface area contributed by atoms with Gasteiger partial charge < -0.3 is 5.32 Å². The standard InChI is InChI=1S/C18H22N2OS/c1-3-12-22-18-16(10-7-11-19-18)17(21)20-13-14(2)15-8-5-4-6-9-15/h4-11,14H,3,12-13H2,1-2H3,(H,20,21). The molecule has 1 aromatic carbocycles. The maximum absolute atomic E-state index is 12.4. The molecule has 116 valence electrons. The number of hydrogen-bond donors (Lipinski definition) is 1. The van der Waals surface area contributed by atoms with Gasteiger partial charge in [-0.3, -0.25) is 4.79 Å². The lowest BCUT2D eigenvalue weighted by Gasteiger charge is -2.14. The van der Waals surface area contributed by atoms with Crippen LogP contribution >= 0.6 is 11.8 Å². The van der Waals surface area contributed by atoms with Crippen molar-refractivity contribution >= 4 is 17.7 Å². The van der Waals surface area contributed by atoms with Crippen molar-refractivity contribution in [3.63, 3.8) is 0 Å². The maximum Gasteiger partial charge on any atom is 0.254 e. The Morgan fingerprint density at radius 2 is 2.00 bits per heavy atom. The van der Waals surface area contributed by atoms with Crippen molar-refractivity contribution in [2.75, 3.05) is 12.3 Å². The van der Waals surface area contributed by atoms with Gasteiger partial charge in [-0.15, -0.1) is 11.8 Å². The van der Waals surface area contributed by atoms with Gasteiger partial charge in [0.25, 0.3) is 5.91 Å². The van der Waals surface area contributed by atoms with Crippen LogP contribution in [0.25, 0.3) is 0 Å². The van der Waals surface area contributed by atoms with Gasteiger partial charge in [0.1, 0.15) is 5.03 Å². The highest BCUT2D eigenvalue weighted by Gasteiger charge is 2.13. The van der Waals surface area contributed by atoms with Gasteiger partial charge in [0, 0.05) is 12.7 Å². The van der Waals surface area contributed by atoms with E-state index < -0.39 is 0 Å². The molecule has 0 fully saturated rings. The summed E-state index contributed by atoms with van der Waals surface area (Å²) in [6.07, 6.45) is 2.80. The highest BCUT2D eigenvalue weighted by atomic mass is 32.2. The molecule has 1 aromatic heterocycles. The Hall–Kier alpha value is -1.81. The van der Waals surface area contributed by atoms with E-state index in [0.29, 0.717) is 12.1 Å². The monoisotopic (exact) mass is 314 g/mol. The second kappa shape index (κ2) is 8.59. The molecule has 1 atom stereocenters. The number of pyridine rings is 1. The van der Waals surface area contributed by atoms with Crippen molar-refractivity contribution in [2.45, 2.75) is 31.2 Å². The number of nitrogens with zero attached hydrogens (tertiary/aromatic N) is 1. The van der Waals surface area contributed by atoms with Crippen LogP contribution in [0.5, 0.6) is 0 Å². The number of carbonyl (C=O) groups excluding carboxylic acids is 1. The topological polar surface area (TPSA) is 42.0 Å². The fourth-order valence-corrected chi connectivity index (χ4v) is 2.97. The largest absolute Gasteiger partial charge is 0.351 e. The van der Waals surface area contributed by atoms with Crippen molar-refractivity contribution < 1.29 is 4.79 Å². The maximum atomic E-state index is 12.4. The SMILES string of the molecule is CCCSc1ncccc1C(=O)NCC(C)c1ccccc1. The molecule has 0 saturated heterocycles. The Labute approximate surface area is 136 Å². The summed E-state index contributed by atoms with van der Waals surface area (Å²) < 4.78 is 0. The minimum absolute atomic E-state index is 0.0468. The summed E-state index contributed by atoms with van der Waals surface area (Å²) in [6.45, 7) is 4.86. The number of hydrogen-bond acceptors (Lipinski definition) is 3. The molecule has 1 unspecified atom stereocenters. The number of rotatable bonds is 7. The van der Waals surface area contributed by atoms with Crippen molar-refractivity contribution in [3.05, 3.63) is 59.8 Å². The smallest absolute Gasteiger partial charge is 0.254 e. The van der Waals surface area contributed by atoms with Gasteiger partial charge in [0.15, 0.2) is 0 Å². The number of amides is 1. The van der Waals surface area contributed by atoms with Crippen LogP contribution in [0.1, 0.15) is 42.1 Å². The van der Waals surface area contributed by atoms with E-state index in [9.17, 15) is 4.79 Å². The molecule has 3 nitrogen and oxygen atoms in total. The van der Waals surface area contributed by atoms with Crippen molar-refractivity contribution in [1.82, 2.24) is 10.3 Å². The summed E-state index contributed by atoms with van der Waals surface area (Å²) in [5.41, 5.74) is 1.90. The van der Waals surface area contributed by atoms with E-state index in [4.69, 9.17) is 0 Å². The molecule has 2 rings (SSSR count). The minimum Gasteiger partial charge on any atom is -0.351 e.